The van der Waals surface area contributed by atoms with Crippen LogP contribution in [-0.4, -0.2) is 27.9 Å². The fourth-order valence-corrected chi connectivity index (χ4v) is 3.16. The molecule has 5 nitrogen and oxygen atoms in total. The molecule has 2 heterocycles. The van der Waals surface area contributed by atoms with Crippen molar-refractivity contribution >= 4 is 22.5 Å². The molecule has 1 aliphatic heterocycles. The van der Waals surface area contributed by atoms with Gasteiger partial charge < -0.3 is 15.1 Å². The topological polar surface area (TPSA) is 66.6 Å². The van der Waals surface area contributed by atoms with Crippen molar-refractivity contribution in [3.8, 4) is 0 Å². The summed E-state index contributed by atoms with van der Waals surface area (Å²) in [7, 11) is 0. The minimum atomic E-state index is -0.0683. The molecule has 0 fully saturated rings. The van der Waals surface area contributed by atoms with E-state index in [1.165, 1.54) is 0 Å². The average Bonchev–Trinajstić information content (AvgIpc) is 2.87. The van der Waals surface area contributed by atoms with Crippen molar-refractivity contribution in [3.63, 3.8) is 0 Å². The van der Waals surface area contributed by atoms with Crippen molar-refractivity contribution < 1.29 is 10.0 Å². The molecule has 1 aliphatic rings. The Morgan fingerprint density at radius 2 is 1.96 bits per heavy atom. The number of hydrogen-bond donors (Lipinski definition) is 2. The van der Waals surface area contributed by atoms with E-state index in [-0.39, 0.29) is 5.91 Å². The number of nitrogens with zero attached hydrogens (tertiary/aromatic N) is 2. The summed E-state index contributed by atoms with van der Waals surface area (Å²) < 4.78 is 2.05. The summed E-state index contributed by atoms with van der Waals surface area (Å²) >= 11 is 0. The van der Waals surface area contributed by atoms with Gasteiger partial charge in [-0.2, -0.15) is 0 Å². The van der Waals surface area contributed by atoms with Crippen LogP contribution in [0, 0.1) is 0 Å². The van der Waals surface area contributed by atoms with E-state index >= 15 is 0 Å². The SMILES string of the molecule is O=C1NCCn2cc(/C(=N\O)c3ccccc3)c3cccc1c32. The second kappa shape index (κ2) is 5.28. The zero-order valence-electron chi connectivity index (χ0n) is 12.4. The van der Waals surface area contributed by atoms with Crippen molar-refractivity contribution in [2.75, 3.05) is 6.54 Å². The lowest BCUT2D eigenvalue weighted by molar-refractivity contribution is 0.0956. The second-order valence-electron chi connectivity index (χ2n) is 5.51. The van der Waals surface area contributed by atoms with Gasteiger partial charge in [0, 0.05) is 35.8 Å². The van der Waals surface area contributed by atoms with Crippen molar-refractivity contribution in [1.29, 1.82) is 0 Å². The molecule has 0 saturated carbocycles. The van der Waals surface area contributed by atoms with E-state index in [9.17, 15) is 10.0 Å². The molecule has 2 aromatic carbocycles. The number of rotatable bonds is 2. The number of hydrogen-bond acceptors (Lipinski definition) is 3. The molecule has 0 spiro atoms. The molecule has 3 aromatic rings. The third-order valence-electron chi connectivity index (χ3n) is 4.18. The van der Waals surface area contributed by atoms with Crippen molar-refractivity contribution in [1.82, 2.24) is 9.88 Å². The zero-order chi connectivity index (χ0) is 15.8. The molecule has 1 aromatic heterocycles. The van der Waals surface area contributed by atoms with Crippen LogP contribution in [0.1, 0.15) is 21.5 Å². The standard InChI is InChI=1S/C18H15N3O2/c22-18-14-8-4-7-13-15(11-21(17(13)14)10-9-19-18)16(20-23)12-5-2-1-3-6-12/h1-8,11,23H,9-10H2,(H,19,22)/b20-16-. The van der Waals surface area contributed by atoms with Gasteiger partial charge >= 0.3 is 0 Å². The van der Waals surface area contributed by atoms with Gasteiger partial charge in [0.15, 0.2) is 0 Å². The van der Waals surface area contributed by atoms with E-state index < -0.39 is 0 Å². The number of amides is 1. The number of para-hydroxylation sites is 1. The van der Waals surface area contributed by atoms with Gasteiger partial charge in [0.1, 0.15) is 5.71 Å². The summed E-state index contributed by atoms with van der Waals surface area (Å²) in [6.45, 7) is 1.26. The Hall–Kier alpha value is -3.08. The van der Waals surface area contributed by atoms with Gasteiger partial charge in [0.2, 0.25) is 0 Å². The van der Waals surface area contributed by atoms with E-state index in [4.69, 9.17) is 0 Å². The van der Waals surface area contributed by atoms with Gasteiger partial charge in [-0.25, -0.2) is 0 Å². The summed E-state index contributed by atoms with van der Waals surface area (Å²) in [5.74, 6) is -0.0683. The molecule has 0 aliphatic carbocycles. The fraction of sp³-hybridized carbons (Fsp3) is 0.111. The van der Waals surface area contributed by atoms with Gasteiger partial charge in [0.25, 0.3) is 5.91 Å². The first-order valence-electron chi connectivity index (χ1n) is 7.47. The summed E-state index contributed by atoms with van der Waals surface area (Å²) in [6, 6.07) is 15.2. The summed E-state index contributed by atoms with van der Waals surface area (Å²) in [5, 5.41) is 16.9. The number of carbonyl (C=O) groups excluding carboxylic acids is 1. The predicted molar refractivity (Wildman–Crippen MR) is 88.1 cm³/mol. The maximum Gasteiger partial charge on any atom is 0.253 e. The monoisotopic (exact) mass is 305 g/mol. The van der Waals surface area contributed by atoms with E-state index in [0.29, 0.717) is 24.4 Å². The maximum atomic E-state index is 12.2. The summed E-state index contributed by atoms with van der Waals surface area (Å²) in [6.07, 6.45) is 1.95. The van der Waals surface area contributed by atoms with E-state index in [2.05, 4.69) is 10.5 Å². The maximum absolute atomic E-state index is 12.2. The second-order valence-corrected chi connectivity index (χ2v) is 5.51. The Kier molecular flexibility index (Phi) is 3.12. The van der Waals surface area contributed by atoms with Gasteiger partial charge in [-0.15, -0.1) is 0 Å². The zero-order valence-corrected chi connectivity index (χ0v) is 12.4. The van der Waals surface area contributed by atoms with E-state index in [1.807, 2.05) is 59.3 Å². The van der Waals surface area contributed by atoms with Crippen LogP contribution < -0.4 is 5.32 Å². The number of nitrogens with one attached hydrogen (secondary N) is 1. The molecule has 0 bridgehead atoms. The molecule has 0 unspecified atom stereocenters. The van der Waals surface area contributed by atoms with E-state index in [0.717, 1.165) is 22.0 Å². The minimum absolute atomic E-state index is 0.0683. The highest BCUT2D eigenvalue weighted by Gasteiger charge is 2.22. The highest BCUT2D eigenvalue weighted by molar-refractivity contribution is 6.21. The summed E-state index contributed by atoms with van der Waals surface area (Å²) in [4.78, 5) is 12.2. The lowest BCUT2D eigenvalue weighted by Crippen LogP contribution is -2.24. The molecule has 114 valence electrons. The third kappa shape index (κ3) is 2.09. The number of benzene rings is 2. The lowest BCUT2D eigenvalue weighted by Gasteiger charge is -2.05. The Bertz CT molecular complexity index is 926. The Morgan fingerprint density at radius 3 is 2.74 bits per heavy atom. The van der Waals surface area contributed by atoms with Crippen molar-refractivity contribution in [3.05, 3.63) is 71.4 Å². The van der Waals surface area contributed by atoms with Crippen molar-refractivity contribution in [2.45, 2.75) is 6.54 Å². The molecule has 2 N–H and O–H groups in total. The number of carbonyl (C=O) groups is 1. The van der Waals surface area contributed by atoms with Crippen LogP contribution in [0.4, 0.5) is 0 Å². The van der Waals surface area contributed by atoms with Gasteiger partial charge in [0.05, 0.1) is 11.1 Å². The molecule has 0 saturated heterocycles. The van der Waals surface area contributed by atoms with Crippen LogP contribution in [0.5, 0.6) is 0 Å². The number of oxime groups is 1. The minimum Gasteiger partial charge on any atom is -0.410 e. The molecule has 0 radical (unpaired) electrons. The molecular weight excluding hydrogens is 290 g/mol. The lowest BCUT2D eigenvalue weighted by atomic mass is 10.0. The van der Waals surface area contributed by atoms with Gasteiger partial charge in [-0.3, -0.25) is 4.79 Å². The van der Waals surface area contributed by atoms with Crippen LogP contribution in [0.15, 0.2) is 59.9 Å². The normalized spacial score (nSPS) is 14.6. The van der Waals surface area contributed by atoms with Gasteiger partial charge in [-0.05, 0) is 6.07 Å². The van der Waals surface area contributed by atoms with E-state index in [1.54, 1.807) is 0 Å². The first kappa shape index (κ1) is 13.6. The Balaban J connectivity index is 1.99. The van der Waals surface area contributed by atoms with Crippen LogP contribution in [-0.2, 0) is 6.54 Å². The van der Waals surface area contributed by atoms with Crippen LogP contribution in [0.25, 0.3) is 10.9 Å². The molecule has 0 atom stereocenters. The molecular formula is C18H15N3O2. The largest absolute Gasteiger partial charge is 0.410 e. The number of aromatic nitrogens is 1. The van der Waals surface area contributed by atoms with Crippen LogP contribution in [0.2, 0.25) is 0 Å². The Labute approximate surface area is 132 Å². The van der Waals surface area contributed by atoms with Gasteiger partial charge in [-0.1, -0.05) is 47.6 Å². The van der Waals surface area contributed by atoms with Crippen LogP contribution >= 0.6 is 0 Å². The highest BCUT2D eigenvalue weighted by Crippen LogP contribution is 2.28. The average molecular weight is 305 g/mol. The molecule has 4 rings (SSSR count). The Morgan fingerprint density at radius 1 is 1.13 bits per heavy atom. The third-order valence-corrected chi connectivity index (χ3v) is 4.18. The first-order valence-corrected chi connectivity index (χ1v) is 7.47. The first-order chi connectivity index (χ1) is 11.3. The fourth-order valence-electron chi connectivity index (χ4n) is 3.16. The highest BCUT2D eigenvalue weighted by atomic mass is 16.4. The smallest absolute Gasteiger partial charge is 0.253 e. The predicted octanol–water partition coefficient (Wildman–Crippen LogP) is 2.61. The molecule has 23 heavy (non-hydrogen) atoms. The van der Waals surface area contributed by atoms with Crippen molar-refractivity contribution in [2.24, 2.45) is 5.16 Å². The molecule has 1 amide bonds. The quantitative estimate of drug-likeness (QED) is 0.434. The molecule has 5 heteroatoms. The van der Waals surface area contributed by atoms with Crippen LogP contribution in [0.3, 0.4) is 0 Å². The summed E-state index contributed by atoms with van der Waals surface area (Å²) in [5.41, 5.74) is 3.70.